The zero-order valence-corrected chi connectivity index (χ0v) is 5.78. The van der Waals surface area contributed by atoms with Crippen LogP contribution in [-0.4, -0.2) is 22.2 Å². The van der Waals surface area contributed by atoms with Crippen molar-refractivity contribution in [2.24, 2.45) is 5.92 Å². The van der Waals surface area contributed by atoms with Crippen molar-refractivity contribution >= 4 is 11.9 Å². The summed E-state index contributed by atoms with van der Waals surface area (Å²) >= 11 is 0. The van der Waals surface area contributed by atoms with Crippen molar-refractivity contribution in [2.45, 2.75) is 12.8 Å². The Labute approximate surface area is 63.8 Å². The van der Waals surface area contributed by atoms with E-state index in [-0.39, 0.29) is 6.42 Å². The smallest absolute Gasteiger partial charge is 0.308 e. The molecule has 4 nitrogen and oxygen atoms in total. The molecule has 0 saturated heterocycles. The summed E-state index contributed by atoms with van der Waals surface area (Å²) in [7, 11) is 0. The van der Waals surface area contributed by atoms with Gasteiger partial charge in [-0.3, -0.25) is 9.59 Å². The van der Waals surface area contributed by atoms with Crippen LogP contribution in [0.2, 0.25) is 0 Å². The third kappa shape index (κ3) is 3.98. The van der Waals surface area contributed by atoms with E-state index in [0.29, 0.717) is 0 Å². The fourth-order valence-corrected chi connectivity index (χ4v) is 0.600. The van der Waals surface area contributed by atoms with E-state index in [1.54, 1.807) is 0 Å². The van der Waals surface area contributed by atoms with Crippen molar-refractivity contribution in [3.8, 4) is 12.3 Å². The lowest BCUT2D eigenvalue weighted by Crippen LogP contribution is -2.16. The summed E-state index contributed by atoms with van der Waals surface area (Å²) in [6.45, 7) is 0. The molecule has 0 spiro atoms. The number of carboxylic acid groups (broad SMARTS) is 2. The molecule has 0 saturated carbocycles. The highest BCUT2D eigenvalue weighted by Gasteiger charge is 2.19. The molecule has 0 radical (unpaired) electrons. The number of hydrogen-bond acceptors (Lipinski definition) is 2. The predicted molar refractivity (Wildman–Crippen MR) is 36.8 cm³/mol. The van der Waals surface area contributed by atoms with Crippen LogP contribution in [0.3, 0.4) is 0 Å². The molecule has 0 aliphatic heterocycles. The zero-order chi connectivity index (χ0) is 8.85. The first-order valence-electron chi connectivity index (χ1n) is 2.96. The molecule has 1 unspecified atom stereocenters. The van der Waals surface area contributed by atoms with Gasteiger partial charge in [-0.2, -0.15) is 0 Å². The average molecular weight is 156 g/mol. The Balaban J connectivity index is 4.02. The third-order valence-electron chi connectivity index (χ3n) is 1.13. The maximum Gasteiger partial charge on any atom is 0.308 e. The first kappa shape index (κ1) is 9.50. The second-order valence-electron chi connectivity index (χ2n) is 2.04. The highest BCUT2D eigenvalue weighted by molar-refractivity contribution is 5.77. The van der Waals surface area contributed by atoms with Crippen molar-refractivity contribution in [3.63, 3.8) is 0 Å². The summed E-state index contributed by atoms with van der Waals surface area (Å²) in [6.07, 6.45) is 4.38. The van der Waals surface area contributed by atoms with Gasteiger partial charge in [-0.25, -0.2) is 0 Å². The van der Waals surface area contributed by atoms with E-state index in [2.05, 4.69) is 5.92 Å². The molecule has 0 aliphatic rings. The topological polar surface area (TPSA) is 74.6 Å². The molecule has 0 fully saturated rings. The number of carbonyl (C=O) groups is 2. The van der Waals surface area contributed by atoms with Crippen molar-refractivity contribution in [3.05, 3.63) is 0 Å². The highest BCUT2D eigenvalue weighted by Crippen LogP contribution is 2.07. The predicted octanol–water partition coefficient (Wildman–Crippen LogP) is 0.185. The van der Waals surface area contributed by atoms with Gasteiger partial charge in [0, 0.05) is 6.42 Å². The molecule has 0 amide bonds. The Morgan fingerprint density at radius 1 is 1.45 bits per heavy atom. The van der Waals surface area contributed by atoms with Crippen LogP contribution in [0.25, 0.3) is 0 Å². The van der Waals surface area contributed by atoms with E-state index in [0.717, 1.165) is 0 Å². The van der Waals surface area contributed by atoms with Crippen molar-refractivity contribution in [1.29, 1.82) is 0 Å². The van der Waals surface area contributed by atoms with E-state index >= 15 is 0 Å². The van der Waals surface area contributed by atoms with E-state index in [1.807, 2.05) is 0 Å². The number of terminal acetylenes is 1. The van der Waals surface area contributed by atoms with E-state index < -0.39 is 24.3 Å². The van der Waals surface area contributed by atoms with Crippen molar-refractivity contribution in [1.82, 2.24) is 0 Å². The minimum atomic E-state index is -1.16. The Hall–Kier alpha value is -1.50. The first-order valence-corrected chi connectivity index (χ1v) is 2.96. The molecule has 11 heavy (non-hydrogen) atoms. The standard InChI is InChI=1S/C7H8O4/c1-2-3-5(7(10)11)4-6(8)9/h1,5H,3-4H2,(H,8,9)(H,10,11). The maximum atomic E-state index is 10.3. The van der Waals surface area contributed by atoms with Gasteiger partial charge in [0.2, 0.25) is 0 Å². The first-order chi connectivity index (χ1) is 5.07. The Morgan fingerprint density at radius 3 is 2.27 bits per heavy atom. The lowest BCUT2D eigenvalue weighted by Gasteiger charge is -2.03. The minimum absolute atomic E-state index is 0.0400. The van der Waals surface area contributed by atoms with Crippen LogP contribution in [-0.2, 0) is 9.59 Å². The third-order valence-corrected chi connectivity index (χ3v) is 1.13. The molecule has 0 bridgehead atoms. The Kier molecular flexibility index (Phi) is 3.75. The van der Waals surface area contributed by atoms with Gasteiger partial charge in [-0.1, -0.05) is 0 Å². The number of carboxylic acids is 2. The fourth-order valence-electron chi connectivity index (χ4n) is 0.600. The summed E-state index contributed by atoms with van der Waals surface area (Å²) in [5.74, 6) is -1.16. The Morgan fingerprint density at radius 2 is 2.00 bits per heavy atom. The number of rotatable bonds is 4. The van der Waals surface area contributed by atoms with Crippen LogP contribution in [0.15, 0.2) is 0 Å². The Bertz CT molecular complexity index is 201. The van der Waals surface area contributed by atoms with E-state index in [1.165, 1.54) is 0 Å². The van der Waals surface area contributed by atoms with Crippen molar-refractivity contribution in [2.75, 3.05) is 0 Å². The van der Waals surface area contributed by atoms with Gasteiger partial charge in [0.1, 0.15) is 0 Å². The molecule has 2 N–H and O–H groups in total. The molecular formula is C7H8O4. The van der Waals surface area contributed by atoms with Crippen LogP contribution in [0.5, 0.6) is 0 Å². The van der Waals surface area contributed by atoms with Crippen LogP contribution < -0.4 is 0 Å². The lowest BCUT2D eigenvalue weighted by molar-refractivity contribution is -0.148. The van der Waals surface area contributed by atoms with Crippen LogP contribution in [0.4, 0.5) is 0 Å². The SMILES string of the molecule is C#CCC(CC(=O)O)C(=O)O. The minimum Gasteiger partial charge on any atom is -0.481 e. The van der Waals surface area contributed by atoms with Gasteiger partial charge in [-0.05, 0) is 0 Å². The highest BCUT2D eigenvalue weighted by atomic mass is 16.4. The molecule has 4 heteroatoms. The summed E-state index contributed by atoms with van der Waals surface area (Å²) in [5.41, 5.74) is 0. The second-order valence-corrected chi connectivity index (χ2v) is 2.04. The normalized spacial score (nSPS) is 11.5. The fraction of sp³-hybridized carbons (Fsp3) is 0.429. The number of hydrogen-bond donors (Lipinski definition) is 2. The molecule has 0 rings (SSSR count). The molecular weight excluding hydrogens is 148 g/mol. The second kappa shape index (κ2) is 4.34. The van der Waals surface area contributed by atoms with Crippen molar-refractivity contribution < 1.29 is 19.8 Å². The lowest BCUT2D eigenvalue weighted by atomic mass is 10.0. The monoisotopic (exact) mass is 156 g/mol. The van der Waals surface area contributed by atoms with Gasteiger partial charge in [-0.15, -0.1) is 12.3 Å². The van der Waals surface area contributed by atoms with Gasteiger partial charge < -0.3 is 10.2 Å². The van der Waals surface area contributed by atoms with Crippen LogP contribution >= 0.6 is 0 Å². The quantitative estimate of drug-likeness (QED) is 0.569. The molecule has 0 aliphatic carbocycles. The van der Waals surface area contributed by atoms with Gasteiger partial charge in [0.15, 0.2) is 0 Å². The summed E-state index contributed by atoms with van der Waals surface area (Å²) in [5, 5.41) is 16.6. The largest absolute Gasteiger partial charge is 0.481 e. The molecule has 0 aromatic rings. The van der Waals surface area contributed by atoms with Gasteiger partial charge >= 0.3 is 11.9 Å². The molecule has 0 aromatic heterocycles. The van der Waals surface area contributed by atoms with E-state index in [4.69, 9.17) is 16.6 Å². The molecule has 60 valence electrons. The summed E-state index contributed by atoms with van der Waals surface area (Å²) in [6, 6.07) is 0. The van der Waals surface area contributed by atoms with Gasteiger partial charge in [0.05, 0.1) is 12.3 Å². The van der Waals surface area contributed by atoms with Gasteiger partial charge in [0.25, 0.3) is 0 Å². The molecule has 0 heterocycles. The van der Waals surface area contributed by atoms with E-state index in [9.17, 15) is 9.59 Å². The summed E-state index contributed by atoms with van der Waals surface area (Å²) in [4.78, 5) is 20.3. The summed E-state index contributed by atoms with van der Waals surface area (Å²) < 4.78 is 0. The number of aliphatic carboxylic acids is 2. The average Bonchev–Trinajstić information content (AvgIpc) is 1.86. The van der Waals surface area contributed by atoms with Crippen LogP contribution in [0.1, 0.15) is 12.8 Å². The molecule has 1 atom stereocenters. The molecule has 0 aromatic carbocycles. The maximum absolute atomic E-state index is 10.3. The van der Waals surface area contributed by atoms with Crippen LogP contribution in [0, 0.1) is 18.3 Å². The zero-order valence-electron chi connectivity index (χ0n) is 5.78.